The molecule has 2 aromatic rings. The molecule has 0 unspecified atom stereocenters. The number of nitrogens with one attached hydrogen (secondary N) is 2. The monoisotopic (exact) mass is 394 g/mol. The molecule has 0 spiro atoms. The van der Waals surface area contributed by atoms with Gasteiger partial charge >= 0.3 is 0 Å². The highest BCUT2D eigenvalue weighted by molar-refractivity contribution is 7.99. The predicted molar refractivity (Wildman–Crippen MR) is 104 cm³/mol. The van der Waals surface area contributed by atoms with Crippen LogP contribution in [-0.2, 0) is 15.3 Å². The Kier molecular flexibility index (Phi) is 8.30. The number of hydrogen-bond donors (Lipinski definition) is 2. The highest BCUT2D eigenvalue weighted by atomic mass is 32.2. The lowest BCUT2D eigenvalue weighted by molar-refractivity contribution is -0.131. The van der Waals surface area contributed by atoms with Crippen molar-refractivity contribution in [1.29, 1.82) is 0 Å². The second kappa shape index (κ2) is 10.7. The zero-order chi connectivity index (χ0) is 18.8. The fourth-order valence-electron chi connectivity index (χ4n) is 1.95. The second-order valence-electron chi connectivity index (χ2n) is 5.27. The van der Waals surface area contributed by atoms with Crippen LogP contribution in [0, 0.1) is 0 Å². The highest BCUT2D eigenvalue weighted by Gasteiger charge is 2.15. The van der Waals surface area contributed by atoms with Gasteiger partial charge in [-0.2, -0.15) is 0 Å². The summed E-state index contributed by atoms with van der Waals surface area (Å²) < 4.78 is 10.9. The van der Waals surface area contributed by atoms with Gasteiger partial charge in [-0.05, 0) is 49.6 Å². The van der Waals surface area contributed by atoms with E-state index >= 15 is 0 Å². The molecule has 1 heterocycles. The summed E-state index contributed by atoms with van der Waals surface area (Å²) in [5.41, 5.74) is 4.78. The number of hydrazine groups is 1. The van der Waals surface area contributed by atoms with Gasteiger partial charge in [0.05, 0.1) is 12.4 Å². The first-order valence-electron chi connectivity index (χ1n) is 8.16. The van der Waals surface area contributed by atoms with Crippen LogP contribution in [0.3, 0.4) is 0 Å². The number of carbonyl (C=O) groups is 2. The third kappa shape index (κ3) is 6.97. The van der Waals surface area contributed by atoms with E-state index in [0.717, 1.165) is 11.5 Å². The molecule has 6 nitrogen and oxygen atoms in total. The molecule has 0 aliphatic carbocycles. The molecule has 0 radical (unpaired) electrons. The molecule has 0 saturated carbocycles. The second-order valence-corrected chi connectivity index (χ2v) is 7.29. The number of ether oxygens (including phenoxy) is 2. The summed E-state index contributed by atoms with van der Waals surface area (Å²) in [6.07, 6.45) is -0.744. The number of amides is 2. The fourth-order valence-corrected chi connectivity index (χ4v) is 3.62. The van der Waals surface area contributed by atoms with Crippen molar-refractivity contribution in [3.05, 3.63) is 46.7 Å². The van der Waals surface area contributed by atoms with E-state index in [2.05, 4.69) is 10.9 Å². The van der Waals surface area contributed by atoms with Crippen LogP contribution in [0.1, 0.15) is 18.7 Å². The molecule has 140 valence electrons. The van der Waals surface area contributed by atoms with E-state index in [1.54, 1.807) is 42.5 Å². The molecule has 1 atom stereocenters. The lowest BCUT2D eigenvalue weighted by Gasteiger charge is -2.15. The van der Waals surface area contributed by atoms with Crippen LogP contribution in [-0.4, -0.2) is 30.3 Å². The maximum Gasteiger partial charge on any atom is 0.279 e. The van der Waals surface area contributed by atoms with Crippen molar-refractivity contribution in [2.45, 2.75) is 25.7 Å². The highest BCUT2D eigenvalue weighted by Crippen LogP contribution is 2.19. The predicted octanol–water partition coefficient (Wildman–Crippen LogP) is 2.99. The smallest absolute Gasteiger partial charge is 0.279 e. The molecular weight excluding hydrogens is 372 g/mol. The lowest BCUT2D eigenvalue weighted by Crippen LogP contribution is -2.47. The molecule has 2 amide bonds. The zero-order valence-electron chi connectivity index (χ0n) is 14.7. The number of thioether (sulfide) groups is 1. The lowest BCUT2D eigenvalue weighted by atomic mass is 10.3. The topological polar surface area (TPSA) is 76.7 Å². The van der Waals surface area contributed by atoms with Crippen LogP contribution >= 0.6 is 23.1 Å². The largest absolute Gasteiger partial charge is 0.494 e. The Hall–Kier alpha value is -2.19. The molecule has 1 aromatic heterocycles. The van der Waals surface area contributed by atoms with Crippen LogP contribution < -0.4 is 20.3 Å². The van der Waals surface area contributed by atoms with Crippen LogP contribution in [0.2, 0.25) is 0 Å². The fraction of sp³-hybridized carbons (Fsp3) is 0.333. The quantitative estimate of drug-likeness (QED) is 0.640. The van der Waals surface area contributed by atoms with Gasteiger partial charge in [0.15, 0.2) is 6.10 Å². The number of thiophene rings is 1. The summed E-state index contributed by atoms with van der Waals surface area (Å²) in [4.78, 5) is 25.0. The van der Waals surface area contributed by atoms with Gasteiger partial charge in [-0.1, -0.05) is 6.07 Å². The average molecular weight is 395 g/mol. The van der Waals surface area contributed by atoms with Crippen molar-refractivity contribution >= 4 is 34.9 Å². The van der Waals surface area contributed by atoms with Gasteiger partial charge in [-0.3, -0.25) is 20.4 Å². The third-order valence-corrected chi connectivity index (χ3v) is 5.24. The van der Waals surface area contributed by atoms with Gasteiger partial charge in [0, 0.05) is 10.6 Å². The minimum atomic E-state index is -0.744. The molecule has 0 aliphatic rings. The van der Waals surface area contributed by atoms with Gasteiger partial charge in [0.1, 0.15) is 11.5 Å². The minimum Gasteiger partial charge on any atom is -0.494 e. The maximum atomic E-state index is 12.0. The zero-order valence-corrected chi connectivity index (χ0v) is 16.3. The van der Waals surface area contributed by atoms with Gasteiger partial charge in [-0.25, -0.2) is 0 Å². The molecule has 26 heavy (non-hydrogen) atoms. The molecular formula is C18H22N2O4S2. The Morgan fingerprint density at radius 1 is 1.15 bits per heavy atom. The molecule has 0 aliphatic heterocycles. The summed E-state index contributed by atoms with van der Waals surface area (Å²) in [5.74, 6) is 1.66. The SMILES string of the molecule is CCOc1ccc(O[C@H](C)C(=O)NNC(=O)CSCc2cccs2)cc1. The van der Waals surface area contributed by atoms with Crippen molar-refractivity contribution in [1.82, 2.24) is 10.9 Å². The van der Waals surface area contributed by atoms with Gasteiger partial charge < -0.3 is 9.47 Å². The first-order valence-corrected chi connectivity index (χ1v) is 10.2. The normalized spacial score (nSPS) is 11.5. The molecule has 1 aromatic carbocycles. The maximum absolute atomic E-state index is 12.0. The van der Waals surface area contributed by atoms with E-state index < -0.39 is 12.0 Å². The van der Waals surface area contributed by atoms with Crippen molar-refractivity contribution in [2.75, 3.05) is 12.4 Å². The van der Waals surface area contributed by atoms with Gasteiger partial charge in [0.25, 0.3) is 5.91 Å². The number of benzene rings is 1. The van der Waals surface area contributed by atoms with Crippen LogP contribution in [0.25, 0.3) is 0 Å². The summed E-state index contributed by atoms with van der Waals surface area (Å²) in [7, 11) is 0. The Balaban J connectivity index is 1.66. The number of rotatable bonds is 9. The Labute approximate surface area is 161 Å². The molecule has 2 N–H and O–H groups in total. The van der Waals surface area contributed by atoms with E-state index in [1.807, 2.05) is 24.4 Å². The van der Waals surface area contributed by atoms with E-state index in [4.69, 9.17) is 9.47 Å². The van der Waals surface area contributed by atoms with E-state index in [1.165, 1.54) is 16.6 Å². The molecule has 0 bridgehead atoms. The first-order chi connectivity index (χ1) is 12.6. The first kappa shape index (κ1) is 20.1. The van der Waals surface area contributed by atoms with E-state index in [0.29, 0.717) is 12.4 Å². The summed E-state index contributed by atoms with van der Waals surface area (Å²) in [6, 6.07) is 11.0. The number of hydrogen-bond acceptors (Lipinski definition) is 6. The minimum absolute atomic E-state index is 0.256. The van der Waals surface area contributed by atoms with Crippen molar-refractivity contribution in [2.24, 2.45) is 0 Å². The summed E-state index contributed by atoms with van der Waals surface area (Å²) in [5, 5.41) is 2.00. The van der Waals surface area contributed by atoms with E-state index in [9.17, 15) is 9.59 Å². The van der Waals surface area contributed by atoms with Crippen LogP contribution in [0.5, 0.6) is 11.5 Å². The summed E-state index contributed by atoms with van der Waals surface area (Å²) in [6.45, 7) is 4.11. The van der Waals surface area contributed by atoms with Crippen LogP contribution in [0.4, 0.5) is 0 Å². The Morgan fingerprint density at radius 3 is 2.54 bits per heavy atom. The molecule has 8 heteroatoms. The third-order valence-electron chi connectivity index (χ3n) is 3.20. The van der Waals surface area contributed by atoms with Crippen molar-refractivity contribution < 1.29 is 19.1 Å². The van der Waals surface area contributed by atoms with Crippen molar-refractivity contribution in [3.8, 4) is 11.5 Å². The Bertz CT molecular complexity index is 690. The average Bonchev–Trinajstić information content (AvgIpc) is 3.15. The summed E-state index contributed by atoms with van der Waals surface area (Å²) >= 11 is 3.15. The van der Waals surface area contributed by atoms with Gasteiger partial charge in [0.2, 0.25) is 5.91 Å². The standard InChI is InChI=1S/C18H22N2O4S2/c1-3-23-14-6-8-15(9-7-14)24-13(2)18(22)20-19-17(21)12-25-11-16-5-4-10-26-16/h4-10,13H,3,11-12H2,1-2H3,(H,19,21)(H,20,22)/t13-/m1/s1. The van der Waals surface area contributed by atoms with Crippen molar-refractivity contribution in [3.63, 3.8) is 0 Å². The molecule has 0 fully saturated rings. The van der Waals surface area contributed by atoms with E-state index in [-0.39, 0.29) is 11.7 Å². The molecule has 2 rings (SSSR count). The van der Waals surface area contributed by atoms with Gasteiger partial charge in [-0.15, -0.1) is 23.1 Å². The number of carbonyl (C=O) groups excluding carboxylic acids is 2. The Morgan fingerprint density at radius 2 is 1.88 bits per heavy atom. The molecule has 0 saturated heterocycles. The van der Waals surface area contributed by atoms with Crippen LogP contribution in [0.15, 0.2) is 41.8 Å².